The van der Waals surface area contributed by atoms with Crippen LogP contribution in [-0.4, -0.2) is 54.4 Å². The monoisotopic (exact) mass is 303 g/mol. The Morgan fingerprint density at radius 1 is 1.36 bits per heavy atom. The summed E-state index contributed by atoms with van der Waals surface area (Å²) in [5.41, 5.74) is 1.10. The van der Waals surface area contributed by atoms with E-state index in [1.165, 1.54) is 0 Å². The maximum atomic E-state index is 5.75. The fraction of sp³-hybridized carbons (Fsp3) is 0.500. The third kappa shape index (κ3) is 3.91. The molecule has 0 bridgehead atoms. The van der Waals surface area contributed by atoms with Gasteiger partial charge in [0.15, 0.2) is 11.6 Å². The van der Waals surface area contributed by atoms with Gasteiger partial charge < -0.3 is 13.9 Å². The van der Waals surface area contributed by atoms with E-state index in [0.717, 1.165) is 44.8 Å². The summed E-state index contributed by atoms with van der Waals surface area (Å²) in [6.45, 7) is 4.19. The van der Waals surface area contributed by atoms with Crippen LogP contribution >= 0.6 is 0 Å². The zero-order valence-electron chi connectivity index (χ0n) is 12.8. The summed E-state index contributed by atoms with van der Waals surface area (Å²) in [5.74, 6) is 1.31. The van der Waals surface area contributed by atoms with Gasteiger partial charge in [-0.25, -0.2) is 9.97 Å². The van der Waals surface area contributed by atoms with Crippen molar-refractivity contribution < 1.29 is 13.9 Å². The van der Waals surface area contributed by atoms with Crippen molar-refractivity contribution in [2.45, 2.75) is 19.1 Å². The van der Waals surface area contributed by atoms with Gasteiger partial charge in [-0.3, -0.25) is 4.90 Å². The summed E-state index contributed by atoms with van der Waals surface area (Å²) >= 11 is 0. The molecule has 0 aromatic carbocycles. The minimum atomic E-state index is 0.247. The largest absolute Gasteiger partial charge is 0.461 e. The second-order valence-electron chi connectivity index (χ2n) is 5.40. The Balaban J connectivity index is 1.56. The first-order valence-electron chi connectivity index (χ1n) is 7.53. The van der Waals surface area contributed by atoms with Gasteiger partial charge in [-0.1, -0.05) is 0 Å². The van der Waals surface area contributed by atoms with E-state index < -0.39 is 0 Å². The van der Waals surface area contributed by atoms with Crippen LogP contribution in [0.5, 0.6) is 0 Å². The minimum absolute atomic E-state index is 0.247. The summed E-state index contributed by atoms with van der Waals surface area (Å²) in [4.78, 5) is 11.1. The van der Waals surface area contributed by atoms with Crippen molar-refractivity contribution in [1.29, 1.82) is 0 Å². The van der Waals surface area contributed by atoms with Crippen LogP contribution in [0.2, 0.25) is 0 Å². The number of furan rings is 1. The zero-order chi connectivity index (χ0) is 15.2. The van der Waals surface area contributed by atoms with E-state index in [9.17, 15) is 0 Å². The van der Waals surface area contributed by atoms with Crippen LogP contribution in [0, 0.1) is 0 Å². The Morgan fingerprint density at radius 2 is 2.23 bits per heavy atom. The highest BCUT2D eigenvalue weighted by Crippen LogP contribution is 2.16. The lowest BCUT2D eigenvalue weighted by Crippen LogP contribution is -2.42. The average molecular weight is 303 g/mol. The summed E-state index contributed by atoms with van der Waals surface area (Å²) < 4.78 is 16.2. The molecule has 0 N–H and O–H groups in total. The van der Waals surface area contributed by atoms with Crippen LogP contribution < -0.4 is 0 Å². The summed E-state index contributed by atoms with van der Waals surface area (Å²) in [7, 11) is 1.72. The summed E-state index contributed by atoms with van der Waals surface area (Å²) in [6, 6.07) is 3.69. The van der Waals surface area contributed by atoms with Gasteiger partial charge in [0.05, 0.1) is 19.0 Å². The van der Waals surface area contributed by atoms with Crippen LogP contribution in [0.4, 0.5) is 0 Å². The number of hydrogen-bond acceptors (Lipinski definition) is 6. The lowest BCUT2D eigenvalue weighted by Gasteiger charge is -2.32. The van der Waals surface area contributed by atoms with Gasteiger partial charge in [-0.05, 0) is 18.6 Å². The van der Waals surface area contributed by atoms with Crippen molar-refractivity contribution in [3.63, 3.8) is 0 Å². The van der Waals surface area contributed by atoms with Crippen LogP contribution in [0.15, 0.2) is 35.2 Å². The van der Waals surface area contributed by atoms with Gasteiger partial charge in [-0.2, -0.15) is 0 Å². The molecule has 3 heterocycles. The van der Waals surface area contributed by atoms with Crippen molar-refractivity contribution in [3.8, 4) is 11.6 Å². The summed E-state index contributed by atoms with van der Waals surface area (Å²) in [5, 5.41) is 0. The predicted octanol–water partition coefficient (Wildman–Crippen LogP) is 1.97. The molecular formula is C16H21N3O3. The fourth-order valence-corrected chi connectivity index (χ4v) is 2.58. The number of hydrogen-bond donors (Lipinski definition) is 0. The van der Waals surface area contributed by atoms with Crippen LogP contribution in [0.25, 0.3) is 11.6 Å². The van der Waals surface area contributed by atoms with E-state index >= 15 is 0 Å². The lowest BCUT2D eigenvalue weighted by atomic mass is 10.2. The third-order valence-corrected chi connectivity index (χ3v) is 3.72. The molecule has 1 aliphatic rings. The first kappa shape index (κ1) is 15.1. The lowest BCUT2D eigenvalue weighted by molar-refractivity contribution is -0.0433. The summed E-state index contributed by atoms with van der Waals surface area (Å²) in [6.07, 6.45) is 6.54. The van der Waals surface area contributed by atoms with Gasteiger partial charge in [0.2, 0.25) is 0 Å². The van der Waals surface area contributed by atoms with E-state index in [-0.39, 0.29) is 6.10 Å². The molecule has 6 nitrogen and oxygen atoms in total. The molecule has 6 heteroatoms. The molecule has 2 aromatic rings. The molecule has 0 amide bonds. The first-order valence-corrected chi connectivity index (χ1v) is 7.53. The van der Waals surface area contributed by atoms with Crippen LogP contribution in [0.3, 0.4) is 0 Å². The number of rotatable bonds is 6. The Labute approximate surface area is 130 Å². The molecule has 0 saturated carbocycles. The molecule has 118 valence electrons. The maximum Gasteiger partial charge on any atom is 0.195 e. The number of ether oxygens (including phenoxy) is 2. The quantitative estimate of drug-likeness (QED) is 0.813. The molecular weight excluding hydrogens is 282 g/mol. The van der Waals surface area contributed by atoms with Gasteiger partial charge in [0.1, 0.15) is 0 Å². The molecule has 0 radical (unpaired) electrons. The molecule has 22 heavy (non-hydrogen) atoms. The normalized spacial score (nSPS) is 19.4. The molecule has 0 unspecified atom stereocenters. The van der Waals surface area contributed by atoms with Crippen LogP contribution in [0.1, 0.15) is 12.0 Å². The van der Waals surface area contributed by atoms with Crippen LogP contribution in [-0.2, 0) is 16.0 Å². The number of aromatic nitrogens is 2. The molecule has 3 rings (SSSR count). The van der Waals surface area contributed by atoms with Crippen molar-refractivity contribution in [2.75, 3.05) is 33.4 Å². The van der Waals surface area contributed by atoms with Crippen molar-refractivity contribution >= 4 is 0 Å². The second-order valence-corrected chi connectivity index (χ2v) is 5.40. The molecule has 0 spiro atoms. The number of nitrogens with zero attached hydrogens (tertiary/aromatic N) is 3. The van der Waals surface area contributed by atoms with E-state index in [4.69, 9.17) is 13.9 Å². The highest BCUT2D eigenvalue weighted by atomic mass is 16.5. The SMILES string of the molecule is COCC[C@@H]1CN(Cc2cnc(-c3ccco3)nc2)CCO1. The first-order chi connectivity index (χ1) is 10.8. The van der Waals surface area contributed by atoms with Gasteiger partial charge in [0, 0.05) is 51.3 Å². The Bertz CT molecular complexity index is 557. The molecule has 2 aromatic heterocycles. The average Bonchev–Trinajstić information content (AvgIpc) is 3.08. The van der Waals surface area contributed by atoms with Crippen molar-refractivity contribution in [3.05, 3.63) is 36.4 Å². The maximum absolute atomic E-state index is 5.75. The van der Waals surface area contributed by atoms with E-state index in [1.54, 1.807) is 13.4 Å². The van der Waals surface area contributed by atoms with Gasteiger partial charge in [-0.15, -0.1) is 0 Å². The molecule has 1 aliphatic heterocycles. The predicted molar refractivity (Wildman–Crippen MR) is 81.2 cm³/mol. The topological polar surface area (TPSA) is 60.6 Å². The van der Waals surface area contributed by atoms with E-state index in [0.29, 0.717) is 11.6 Å². The van der Waals surface area contributed by atoms with Crippen molar-refractivity contribution in [2.24, 2.45) is 0 Å². The smallest absolute Gasteiger partial charge is 0.195 e. The molecule has 1 fully saturated rings. The van der Waals surface area contributed by atoms with Gasteiger partial charge >= 0.3 is 0 Å². The molecule has 0 aliphatic carbocycles. The zero-order valence-corrected chi connectivity index (χ0v) is 12.8. The fourth-order valence-electron chi connectivity index (χ4n) is 2.58. The number of morpholine rings is 1. The Kier molecular flexibility index (Phi) is 5.15. The van der Waals surface area contributed by atoms with E-state index in [1.807, 2.05) is 24.5 Å². The number of methoxy groups -OCH3 is 1. The molecule has 1 atom stereocenters. The minimum Gasteiger partial charge on any atom is -0.461 e. The molecule has 1 saturated heterocycles. The van der Waals surface area contributed by atoms with Crippen molar-refractivity contribution in [1.82, 2.24) is 14.9 Å². The Hall–Kier alpha value is -1.76. The standard InChI is InChI=1S/C16H21N3O3/c1-20-7-4-14-12-19(5-8-21-14)11-13-9-17-16(18-10-13)15-3-2-6-22-15/h2-3,6,9-10,14H,4-5,7-8,11-12H2,1H3/t14-/m1/s1. The third-order valence-electron chi connectivity index (χ3n) is 3.72. The Morgan fingerprint density at radius 3 is 2.95 bits per heavy atom. The van der Waals surface area contributed by atoms with Gasteiger partial charge in [0.25, 0.3) is 0 Å². The highest BCUT2D eigenvalue weighted by molar-refractivity contribution is 5.45. The highest BCUT2D eigenvalue weighted by Gasteiger charge is 2.20. The van der Waals surface area contributed by atoms with E-state index in [2.05, 4.69) is 14.9 Å². The second kappa shape index (κ2) is 7.49.